The van der Waals surface area contributed by atoms with Gasteiger partial charge in [-0.2, -0.15) is 0 Å². The van der Waals surface area contributed by atoms with Crippen molar-refractivity contribution in [1.29, 1.82) is 0 Å². The average molecular weight is 343 g/mol. The maximum absolute atomic E-state index is 8.80. The Labute approximate surface area is 152 Å². The Morgan fingerprint density at radius 3 is 1.50 bits per heavy atom. The molecule has 0 heterocycles. The second kappa shape index (κ2) is 16.4. The van der Waals surface area contributed by atoms with Crippen molar-refractivity contribution < 1.29 is 9.84 Å². The normalized spacial score (nSPS) is 13.4. The molecule has 0 aromatic heterocycles. The van der Waals surface area contributed by atoms with Crippen LogP contribution in [0, 0.1) is 0 Å². The first kappa shape index (κ1) is 23.9. The summed E-state index contributed by atoms with van der Waals surface area (Å²) in [5.41, 5.74) is -0.0209. The van der Waals surface area contributed by atoms with E-state index in [1.54, 1.807) is 0 Å². The summed E-state index contributed by atoms with van der Waals surface area (Å²) in [6.07, 6.45) is 19.8. The summed E-state index contributed by atoms with van der Waals surface area (Å²) in [5, 5.41) is 8.80. The van der Waals surface area contributed by atoms with Crippen molar-refractivity contribution in [2.45, 2.75) is 136 Å². The second-order valence-corrected chi connectivity index (χ2v) is 8.40. The van der Waals surface area contributed by atoms with Gasteiger partial charge in [0.1, 0.15) is 0 Å². The van der Waals surface area contributed by atoms with Crippen LogP contribution in [0.25, 0.3) is 0 Å². The van der Waals surface area contributed by atoms with Gasteiger partial charge in [0.25, 0.3) is 0 Å². The molecular weight excluding hydrogens is 296 g/mol. The zero-order valence-corrected chi connectivity index (χ0v) is 17.2. The van der Waals surface area contributed by atoms with Crippen LogP contribution in [0.4, 0.5) is 0 Å². The second-order valence-electron chi connectivity index (χ2n) is 8.40. The van der Waals surface area contributed by atoms with Crippen molar-refractivity contribution in [2.75, 3.05) is 6.61 Å². The number of aliphatic hydroxyl groups excluding tert-OH is 1. The van der Waals surface area contributed by atoms with Crippen LogP contribution >= 0.6 is 0 Å². The van der Waals surface area contributed by atoms with Gasteiger partial charge in [0.2, 0.25) is 0 Å². The van der Waals surface area contributed by atoms with Crippen LogP contribution in [-0.4, -0.2) is 23.4 Å². The fourth-order valence-corrected chi connectivity index (χ4v) is 3.28. The molecule has 1 N–H and O–H groups in total. The lowest BCUT2D eigenvalue weighted by atomic mass is 10.0. The van der Waals surface area contributed by atoms with E-state index in [1.807, 2.05) is 0 Å². The van der Waals surface area contributed by atoms with Gasteiger partial charge < -0.3 is 9.84 Å². The summed E-state index contributed by atoms with van der Waals surface area (Å²) in [5.74, 6) is 0. The summed E-state index contributed by atoms with van der Waals surface area (Å²) in [6, 6.07) is 0. The Bertz CT molecular complexity index is 227. The Morgan fingerprint density at radius 1 is 0.667 bits per heavy atom. The highest BCUT2D eigenvalue weighted by molar-refractivity contribution is 4.67. The van der Waals surface area contributed by atoms with Crippen LogP contribution in [0.5, 0.6) is 0 Å². The van der Waals surface area contributed by atoms with Crippen molar-refractivity contribution in [3.05, 3.63) is 0 Å². The lowest BCUT2D eigenvalue weighted by molar-refractivity contribution is -0.0677. The van der Waals surface area contributed by atoms with E-state index in [0.29, 0.717) is 12.7 Å². The molecular formula is C22H46O2. The minimum atomic E-state index is -0.0209. The quantitative estimate of drug-likeness (QED) is 0.287. The summed E-state index contributed by atoms with van der Waals surface area (Å²) < 4.78 is 6.29. The fourth-order valence-electron chi connectivity index (χ4n) is 3.28. The van der Waals surface area contributed by atoms with Crippen LogP contribution in [-0.2, 0) is 4.74 Å². The summed E-state index contributed by atoms with van der Waals surface area (Å²) >= 11 is 0. The van der Waals surface area contributed by atoms with Gasteiger partial charge in [-0.15, -0.1) is 0 Å². The van der Waals surface area contributed by atoms with Crippen LogP contribution in [0.1, 0.15) is 124 Å². The van der Waals surface area contributed by atoms with E-state index in [9.17, 15) is 0 Å². The molecule has 2 nitrogen and oxygen atoms in total. The van der Waals surface area contributed by atoms with E-state index < -0.39 is 0 Å². The number of unbranched alkanes of at least 4 members (excludes halogenated alkanes) is 11. The maximum atomic E-state index is 8.80. The first-order chi connectivity index (χ1) is 11.5. The number of ether oxygens (including phenoxy) is 1. The first-order valence-corrected chi connectivity index (χ1v) is 10.8. The highest BCUT2D eigenvalue weighted by atomic mass is 16.5. The SMILES string of the molecule is CCCCCCCCCC(CCCCCCCCO)OC(C)(C)C. The molecule has 1 unspecified atom stereocenters. The van der Waals surface area contributed by atoms with Gasteiger partial charge in [-0.05, 0) is 40.0 Å². The molecule has 2 heteroatoms. The summed E-state index contributed by atoms with van der Waals surface area (Å²) in [6.45, 7) is 9.17. The van der Waals surface area contributed by atoms with Crippen molar-refractivity contribution in [2.24, 2.45) is 0 Å². The molecule has 146 valence electrons. The molecule has 0 saturated heterocycles. The predicted molar refractivity (Wildman–Crippen MR) is 107 cm³/mol. The molecule has 0 spiro atoms. The largest absolute Gasteiger partial charge is 0.396 e. The molecule has 0 aliphatic rings. The highest BCUT2D eigenvalue weighted by Gasteiger charge is 2.18. The molecule has 24 heavy (non-hydrogen) atoms. The van der Waals surface area contributed by atoms with Gasteiger partial charge in [-0.3, -0.25) is 0 Å². The lowest BCUT2D eigenvalue weighted by Crippen LogP contribution is -2.27. The Balaban J connectivity index is 3.77. The van der Waals surface area contributed by atoms with Crippen molar-refractivity contribution in [3.63, 3.8) is 0 Å². The zero-order chi connectivity index (χ0) is 18.1. The van der Waals surface area contributed by atoms with Gasteiger partial charge in [0, 0.05) is 6.61 Å². The highest BCUT2D eigenvalue weighted by Crippen LogP contribution is 2.21. The monoisotopic (exact) mass is 342 g/mol. The molecule has 0 amide bonds. The predicted octanol–water partition coefficient (Wildman–Crippen LogP) is 7.03. The van der Waals surface area contributed by atoms with E-state index in [4.69, 9.17) is 9.84 Å². The summed E-state index contributed by atoms with van der Waals surface area (Å²) in [7, 11) is 0. The summed E-state index contributed by atoms with van der Waals surface area (Å²) in [4.78, 5) is 0. The van der Waals surface area contributed by atoms with Crippen molar-refractivity contribution in [3.8, 4) is 0 Å². The number of aliphatic hydroxyl groups is 1. The third-order valence-electron chi connectivity index (χ3n) is 4.58. The van der Waals surface area contributed by atoms with Crippen LogP contribution in [0.3, 0.4) is 0 Å². The third-order valence-corrected chi connectivity index (χ3v) is 4.58. The van der Waals surface area contributed by atoms with E-state index in [-0.39, 0.29) is 5.60 Å². The molecule has 0 aliphatic heterocycles. The molecule has 0 rings (SSSR count). The van der Waals surface area contributed by atoms with E-state index >= 15 is 0 Å². The molecule has 0 aliphatic carbocycles. The molecule has 0 radical (unpaired) electrons. The lowest BCUT2D eigenvalue weighted by Gasteiger charge is -2.28. The molecule has 0 aromatic rings. The Hall–Kier alpha value is -0.0800. The third kappa shape index (κ3) is 18.3. The minimum Gasteiger partial charge on any atom is -0.396 e. The van der Waals surface area contributed by atoms with Gasteiger partial charge in [-0.1, -0.05) is 84.0 Å². The topological polar surface area (TPSA) is 29.5 Å². The molecule has 0 saturated carbocycles. The van der Waals surface area contributed by atoms with E-state index in [2.05, 4.69) is 27.7 Å². The van der Waals surface area contributed by atoms with E-state index in [1.165, 1.54) is 89.9 Å². The number of hydrogen-bond donors (Lipinski definition) is 1. The number of hydrogen-bond acceptors (Lipinski definition) is 2. The van der Waals surface area contributed by atoms with E-state index in [0.717, 1.165) is 6.42 Å². The van der Waals surface area contributed by atoms with Crippen LogP contribution < -0.4 is 0 Å². The minimum absolute atomic E-state index is 0.0209. The fraction of sp³-hybridized carbons (Fsp3) is 1.00. The zero-order valence-electron chi connectivity index (χ0n) is 17.2. The number of rotatable bonds is 17. The first-order valence-electron chi connectivity index (χ1n) is 10.8. The molecule has 0 bridgehead atoms. The van der Waals surface area contributed by atoms with Gasteiger partial charge in [0.15, 0.2) is 0 Å². The van der Waals surface area contributed by atoms with Crippen LogP contribution in [0.2, 0.25) is 0 Å². The van der Waals surface area contributed by atoms with Crippen molar-refractivity contribution in [1.82, 2.24) is 0 Å². The Morgan fingerprint density at radius 2 is 1.08 bits per heavy atom. The van der Waals surface area contributed by atoms with Crippen molar-refractivity contribution >= 4 is 0 Å². The smallest absolute Gasteiger partial charge is 0.0602 e. The molecule has 1 atom stereocenters. The Kier molecular flexibility index (Phi) is 16.3. The van der Waals surface area contributed by atoms with Gasteiger partial charge in [-0.25, -0.2) is 0 Å². The maximum Gasteiger partial charge on any atom is 0.0602 e. The molecule has 0 aromatic carbocycles. The molecule has 0 fully saturated rings. The van der Waals surface area contributed by atoms with Gasteiger partial charge in [0.05, 0.1) is 11.7 Å². The van der Waals surface area contributed by atoms with Gasteiger partial charge >= 0.3 is 0 Å². The average Bonchev–Trinajstić information content (AvgIpc) is 2.51. The van der Waals surface area contributed by atoms with Crippen LogP contribution in [0.15, 0.2) is 0 Å². The standard InChI is InChI=1S/C22H46O2/c1-5-6-7-8-9-12-15-18-21(24-22(2,3)4)19-16-13-10-11-14-17-20-23/h21,23H,5-20H2,1-4H3.